The van der Waals surface area contributed by atoms with Crippen LogP contribution in [0.5, 0.6) is 0 Å². The van der Waals surface area contributed by atoms with Crippen molar-refractivity contribution >= 4 is 0 Å². The second-order valence-corrected chi connectivity index (χ2v) is 18.2. The van der Waals surface area contributed by atoms with Crippen molar-refractivity contribution in [2.45, 2.75) is 265 Å². The molecule has 304 valence electrons. The molecule has 0 unspecified atom stereocenters. The quantitative estimate of drug-likeness (QED) is 0.0564. The molecular formula is C53H92. The molecule has 0 heteroatoms. The van der Waals surface area contributed by atoms with Gasteiger partial charge in [-0.05, 0) is 54.4 Å². The van der Waals surface area contributed by atoms with Crippen LogP contribution in [0.1, 0.15) is 265 Å². The summed E-state index contributed by atoms with van der Waals surface area (Å²) in [5.74, 6) is 0. The summed E-state index contributed by atoms with van der Waals surface area (Å²) in [4.78, 5) is 0. The predicted octanol–water partition coefficient (Wildman–Crippen LogP) is 18.8. The maximum Gasteiger partial charge on any atom is 0.0141 e. The van der Waals surface area contributed by atoms with E-state index in [1.54, 1.807) is 11.1 Å². The molecule has 0 aromatic rings. The fraction of sp³-hybridized carbons (Fsp3) is 0.811. The second kappa shape index (κ2) is 29.0. The molecule has 0 saturated heterocycles. The van der Waals surface area contributed by atoms with E-state index in [0.29, 0.717) is 0 Å². The first-order valence-electron chi connectivity index (χ1n) is 24.7. The van der Waals surface area contributed by atoms with Crippen molar-refractivity contribution < 1.29 is 0 Å². The van der Waals surface area contributed by atoms with Crippen LogP contribution < -0.4 is 0 Å². The van der Waals surface area contributed by atoms with E-state index in [-0.39, 0.29) is 10.8 Å². The molecule has 3 aliphatic rings. The Morgan fingerprint density at radius 3 is 0.792 bits per heavy atom. The van der Waals surface area contributed by atoms with E-state index >= 15 is 0 Å². The molecule has 0 amide bonds. The van der Waals surface area contributed by atoms with Crippen LogP contribution in [0, 0.1) is 10.8 Å². The van der Waals surface area contributed by atoms with Gasteiger partial charge in [-0.15, -0.1) is 0 Å². The molecule has 0 nitrogen and oxygen atoms in total. The summed E-state index contributed by atoms with van der Waals surface area (Å²) < 4.78 is 0. The van der Waals surface area contributed by atoms with Gasteiger partial charge < -0.3 is 0 Å². The molecular weight excluding hydrogens is 637 g/mol. The summed E-state index contributed by atoms with van der Waals surface area (Å²) in [5, 5.41) is 0. The van der Waals surface area contributed by atoms with Gasteiger partial charge in [0.1, 0.15) is 0 Å². The van der Waals surface area contributed by atoms with Gasteiger partial charge in [-0.3, -0.25) is 0 Å². The monoisotopic (exact) mass is 729 g/mol. The van der Waals surface area contributed by atoms with Crippen LogP contribution in [0.25, 0.3) is 0 Å². The van der Waals surface area contributed by atoms with Crippen molar-refractivity contribution in [1.82, 2.24) is 0 Å². The van der Waals surface area contributed by atoms with Crippen LogP contribution >= 0.6 is 0 Å². The third-order valence-corrected chi connectivity index (χ3v) is 13.6. The molecule has 53 heavy (non-hydrogen) atoms. The molecule has 0 N–H and O–H groups in total. The largest absolute Gasteiger partial charge is 0.0739 e. The summed E-state index contributed by atoms with van der Waals surface area (Å²) in [5.41, 5.74) is 7.59. The fourth-order valence-corrected chi connectivity index (χ4v) is 10.4. The summed E-state index contributed by atoms with van der Waals surface area (Å²) in [6.07, 6.45) is 67.7. The Bertz CT molecular complexity index is 949. The lowest BCUT2D eigenvalue weighted by molar-refractivity contribution is 0.323. The molecule has 0 atom stereocenters. The number of unbranched alkanes of at least 4 members (excludes halogenated alkanes) is 28. The zero-order valence-corrected chi connectivity index (χ0v) is 36.6. The minimum absolute atomic E-state index is 0.244. The average Bonchev–Trinajstić information content (AvgIpc) is 3.57. The first kappa shape index (κ1) is 46.1. The van der Waals surface area contributed by atoms with E-state index in [9.17, 15) is 0 Å². The van der Waals surface area contributed by atoms with Gasteiger partial charge in [0.2, 0.25) is 0 Å². The Hall–Kier alpha value is -1.30. The molecule has 0 heterocycles. The summed E-state index contributed by atoms with van der Waals surface area (Å²) in [6, 6.07) is 0. The zero-order chi connectivity index (χ0) is 37.7. The third-order valence-electron chi connectivity index (χ3n) is 13.6. The van der Waals surface area contributed by atoms with Crippen LogP contribution in [0.15, 0.2) is 58.7 Å². The van der Waals surface area contributed by atoms with Crippen LogP contribution in [0.4, 0.5) is 0 Å². The van der Waals surface area contributed by atoms with E-state index < -0.39 is 0 Å². The topological polar surface area (TPSA) is 0 Å². The highest BCUT2D eigenvalue weighted by Crippen LogP contribution is 2.60. The summed E-state index contributed by atoms with van der Waals surface area (Å²) >= 11 is 0. The van der Waals surface area contributed by atoms with Crippen LogP contribution in [0.3, 0.4) is 0 Å². The van der Waals surface area contributed by atoms with Gasteiger partial charge in [0.15, 0.2) is 0 Å². The molecule has 0 aromatic heterocycles. The summed E-state index contributed by atoms with van der Waals surface area (Å²) in [7, 11) is 0. The number of rotatable bonds is 36. The first-order chi connectivity index (χ1) is 26.2. The highest BCUT2D eigenvalue weighted by atomic mass is 14.5. The molecule has 0 bridgehead atoms. The van der Waals surface area contributed by atoms with Crippen molar-refractivity contribution in [1.29, 1.82) is 0 Å². The molecule has 0 aromatic carbocycles. The van der Waals surface area contributed by atoms with Gasteiger partial charge in [-0.1, -0.05) is 270 Å². The van der Waals surface area contributed by atoms with Gasteiger partial charge in [-0.25, -0.2) is 0 Å². The van der Waals surface area contributed by atoms with E-state index in [0.717, 1.165) is 0 Å². The lowest BCUT2D eigenvalue weighted by atomic mass is 9.61. The maximum atomic E-state index is 2.75. The normalized spacial score (nSPS) is 17.0. The van der Waals surface area contributed by atoms with Crippen LogP contribution in [0.2, 0.25) is 0 Å². The van der Waals surface area contributed by atoms with Crippen LogP contribution in [-0.4, -0.2) is 0 Å². The number of allylic oxidation sites excluding steroid dienone is 10. The van der Waals surface area contributed by atoms with Gasteiger partial charge in [-0.2, -0.15) is 0 Å². The van der Waals surface area contributed by atoms with Crippen molar-refractivity contribution in [3.8, 4) is 0 Å². The van der Waals surface area contributed by atoms with E-state index in [1.165, 1.54) is 238 Å². The lowest BCUT2D eigenvalue weighted by Crippen LogP contribution is -2.30. The van der Waals surface area contributed by atoms with E-state index in [2.05, 4.69) is 64.2 Å². The fourth-order valence-electron chi connectivity index (χ4n) is 10.4. The molecule has 0 fully saturated rings. The third kappa shape index (κ3) is 16.8. The highest BCUT2D eigenvalue weighted by molar-refractivity contribution is 5.66. The molecule has 0 aliphatic heterocycles. The average molecular weight is 729 g/mol. The first-order valence-corrected chi connectivity index (χ1v) is 24.7. The minimum Gasteiger partial charge on any atom is -0.0739 e. The molecule has 0 radical (unpaired) electrons. The molecule has 3 rings (SSSR count). The second-order valence-electron chi connectivity index (χ2n) is 18.2. The lowest BCUT2D eigenvalue weighted by Gasteiger charge is -2.42. The van der Waals surface area contributed by atoms with Gasteiger partial charge in [0.05, 0.1) is 0 Å². The Balaban J connectivity index is 1.82. The predicted molar refractivity (Wildman–Crippen MR) is 240 cm³/mol. The smallest absolute Gasteiger partial charge is 0.0141 e. The SMILES string of the molecule is CCCCCCCCCCC1(CCCCCCCCCC)C=CC=C2CC3=CC=CC(CCCCCCCCCC)(CCCCCCCCCC)C3=C21. The zero-order valence-electron chi connectivity index (χ0n) is 36.6. The van der Waals surface area contributed by atoms with Crippen LogP contribution in [-0.2, 0) is 0 Å². The molecule has 3 aliphatic carbocycles. The number of fused-ring (bicyclic) bond motifs is 2. The van der Waals surface area contributed by atoms with Gasteiger partial charge in [0, 0.05) is 10.8 Å². The Morgan fingerprint density at radius 1 is 0.321 bits per heavy atom. The van der Waals surface area contributed by atoms with Gasteiger partial charge >= 0.3 is 0 Å². The molecule has 0 saturated carbocycles. The van der Waals surface area contributed by atoms with Crippen molar-refractivity contribution in [3.05, 3.63) is 58.7 Å². The summed E-state index contributed by atoms with van der Waals surface area (Å²) in [6.45, 7) is 9.36. The Kier molecular flexibility index (Phi) is 25.2. The van der Waals surface area contributed by atoms with Gasteiger partial charge in [0.25, 0.3) is 0 Å². The van der Waals surface area contributed by atoms with E-state index in [4.69, 9.17) is 0 Å². The van der Waals surface area contributed by atoms with Crippen molar-refractivity contribution in [3.63, 3.8) is 0 Å². The molecule has 0 spiro atoms. The highest BCUT2D eigenvalue weighted by Gasteiger charge is 2.46. The maximum absolute atomic E-state index is 2.75. The van der Waals surface area contributed by atoms with E-state index in [1.807, 2.05) is 11.1 Å². The minimum atomic E-state index is 0.244. The Labute approximate surface area is 333 Å². The van der Waals surface area contributed by atoms with Crippen molar-refractivity contribution in [2.24, 2.45) is 10.8 Å². The van der Waals surface area contributed by atoms with Crippen molar-refractivity contribution in [2.75, 3.05) is 0 Å². The Morgan fingerprint density at radius 2 is 0.547 bits per heavy atom. The number of hydrogen-bond donors (Lipinski definition) is 0. The number of hydrogen-bond acceptors (Lipinski definition) is 0. The standard InChI is InChI=1S/C53H92/c1-5-9-13-17-21-25-29-33-41-52(42-34-30-26-22-18-14-10-6-2)45-37-39-48-47-49-40-38-46-53(51(49)50(48)52,43-35-31-27-23-19-15-11-7-3)44-36-32-28-24-20-16-12-8-4/h37-40,45-46H,5-36,41-44,47H2,1-4H3.